The minimum Gasteiger partial charge on any atom is -0.278 e. The summed E-state index contributed by atoms with van der Waals surface area (Å²) >= 11 is 6.02. The van der Waals surface area contributed by atoms with E-state index in [2.05, 4.69) is 15.1 Å². The number of fused-ring (bicyclic) bond motifs is 1. The molecule has 0 amide bonds. The molecule has 1 N–H and O–H groups in total. The zero-order valence-corrected chi connectivity index (χ0v) is 9.35. The summed E-state index contributed by atoms with van der Waals surface area (Å²) in [5, 5.41) is 2.73. The quantitative estimate of drug-likeness (QED) is 0.711. The predicted octanol–water partition coefficient (Wildman–Crippen LogP) is 1.74. The van der Waals surface area contributed by atoms with Crippen LogP contribution in [0.25, 0.3) is 17.0 Å². The summed E-state index contributed by atoms with van der Waals surface area (Å²) in [5.74, 6) is 0.304. The lowest BCUT2D eigenvalue weighted by molar-refractivity contribution is 0.901. The number of H-pyrrole nitrogens is 1. The maximum atomic E-state index is 11.9. The molecule has 0 unspecified atom stereocenters. The van der Waals surface area contributed by atoms with Crippen molar-refractivity contribution in [3.8, 4) is 11.3 Å². The highest BCUT2D eigenvalue weighted by molar-refractivity contribution is 6.32. The Balaban J connectivity index is 2.38. The Bertz CT molecular complexity index is 732. The molecule has 3 rings (SSSR count). The standard InChI is InChI=1S/C11H7ClN4O/c12-8-9(7-4-2-1-3-5-7)15-11-13-6-14-16(11)10(8)17/h1-6H,(H,13,14,15). The molecule has 0 fully saturated rings. The van der Waals surface area contributed by atoms with E-state index in [9.17, 15) is 4.79 Å². The van der Waals surface area contributed by atoms with E-state index in [1.165, 1.54) is 10.8 Å². The van der Waals surface area contributed by atoms with Crippen LogP contribution < -0.4 is 5.56 Å². The molecule has 3 aromatic rings. The molecule has 17 heavy (non-hydrogen) atoms. The zero-order chi connectivity index (χ0) is 11.8. The van der Waals surface area contributed by atoms with E-state index in [-0.39, 0.29) is 10.6 Å². The average molecular weight is 247 g/mol. The smallest absolute Gasteiger partial charge is 0.278 e. The number of rotatable bonds is 1. The van der Waals surface area contributed by atoms with Gasteiger partial charge in [0, 0.05) is 5.56 Å². The summed E-state index contributed by atoms with van der Waals surface area (Å²) in [6, 6.07) is 9.30. The first-order valence-electron chi connectivity index (χ1n) is 4.94. The lowest BCUT2D eigenvalue weighted by Gasteiger charge is -2.02. The van der Waals surface area contributed by atoms with Crippen molar-refractivity contribution in [2.24, 2.45) is 0 Å². The van der Waals surface area contributed by atoms with Gasteiger partial charge >= 0.3 is 0 Å². The summed E-state index contributed by atoms with van der Waals surface area (Å²) in [4.78, 5) is 20.1. The van der Waals surface area contributed by atoms with E-state index < -0.39 is 0 Å². The number of hydrogen-bond acceptors (Lipinski definition) is 3. The van der Waals surface area contributed by atoms with Gasteiger partial charge in [-0.05, 0) is 0 Å². The van der Waals surface area contributed by atoms with Gasteiger partial charge in [-0.2, -0.15) is 4.52 Å². The summed E-state index contributed by atoms with van der Waals surface area (Å²) in [6.07, 6.45) is 1.40. The van der Waals surface area contributed by atoms with Crippen molar-refractivity contribution in [3.05, 3.63) is 52.0 Å². The predicted molar refractivity (Wildman–Crippen MR) is 64.1 cm³/mol. The first-order valence-corrected chi connectivity index (χ1v) is 5.32. The van der Waals surface area contributed by atoms with Crippen LogP contribution in [0.4, 0.5) is 0 Å². The van der Waals surface area contributed by atoms with Gasteiger partial charge in [0.05, 0.1) is 5.69 Å². The molecule has 1 aromatic carbocycles. The lowest BCUT2D eigenvalue weighted by Crippen LogP contribution is -2.16. The topological polar surface area (TPSA) is 63.0 Å². The minimum atomic E-state index is -0.354. The van der Waals surface area contributed by atoms with Crippen molar-refractivity contribution in [2.75, 3.05) is 0 Å². The van der Waals surface area contributed by atoms with E-state index in [0.29, 0.717) is 11.5 Å². The van der Waals surface area contributed by atoms with Crippen molar-refractivity contribution in [3.63, 3.8) is 0 Å². The Morgan fingerprint density at radius 3 is 2.76 bits per heavy atom. The Kier molecular flexibility index (Phi) is 2.19. The van der Waals surface area contributed by atoms with Crippen molar-refractivity contribution in [1.82, 2.24) is 19.6 Å². The number of aromatic amines is 1. The molecular weight excluding hydrogens is 240 g/mol. The molecule has 6 heteroatoms. The number of halogens is 1. The van der Waals surface area contributed by atoms with Crippen LogP contribution in [0, 0.1) is 0 Å². The molecule has 0 bridgehead atoms. The lowest BCUT2D eigenvalue weighted by atomic mass is 10.1. The van der Waals surface area contributed by atoms with E-state index >= 15 is 0 Å². The highest BCUT2D eigenvalue weighted by Gasteiger charge is 2.13. The van der Waals surface area contributed by atoms with E-state index in [1.54, 1.807) is 0 Å². The Labute approximate surface area is 101 Å². The number of nitrogens with one attached hydrogen (secondary N) is 1. The molecule has 0 aliphatic rings. The fourth-order valence-corrected chi connectivity index (χ4v) is 1.86. The minimum absolute atomic E-state index is 0.0814. The first kappa shape index (κ1) is 10.0. The summed E-state index contributed by atoms with van der Waals surface area (Å²) in [6.45, 7) is 0. The fraction of sp³-hybridized carbons (Fsp3) is 0. The van der Waals surface area contributed by atoms with Gasteiger partial charge in [0.2, 0.25) is 0 Å². The first-order chi connectivity index (χ1) is 8.27. The molecule has 2 aromatic heterocycles. The molecule has 2 heterocycles. The summed E-state index contributed by atoms with van der Waals surface area (Å²) < 4.78 is 1.20. The summed E-state index contributed by atoms with van der Waals surface area (Å²) in [5.41, 5.74) is 0.887. The zero-order valence-electron chi connectivity index (χ0n) is 8.59. The van der Waals surface area contributed by atoms with Crippen LogP contribution >= 0.6 is 11.6 Å². The maximum Gasteiger partial charge on any atom is 0.293 e. The van der Waals surface area contributed by atoms with Crippen LogP contribution in [-0.4, -0.2) is 19.6 Å². The third-order valence-corrected chi connectivity index (χ3v) is 2.77. The number of benzene rings is 1. The molecule has 0 saturated heterocycles. The Morgan fingerprint density at radius 1 is 1.24 bits per heavy atom. The third kappa shape index (κ3) is 1.52. The van der Waals surface area contributed by atoms with Gasteiger partial charge in [-0.25, -0.2) is 9.97 Å². The molecule has 0 aliphatic carbocycles. The normalized spacial score (nSPS) is 10.9. The van der Waals surface area contributed by atoms with Gasteiger partial charge < -0.3 is 0 Å². The maximum absolute atomic E-state index is 11.9. The van der Waals surface area contributed by atoms with E-state index in [0.717, 1.165) is 5.56 Å². The van der Waals surface area contributed by atoms with Crippen LogP contribution in [0.5, 0.6) is 0 Å². The fourth-order valence-electron chi connectivity index (χ4n) is 1.62. The molecule has 0 aliphatic heterocycles. The second-order valence-electron chi connectivity index (χ2n) is 3.47. The van der Waals surface area contributed by atoms with Crippen molar-refractivity contribution in [2.45, 2.75) is 0 Å². The molecular formula is C11H7ClN4O. The Morgan fingerprint density at radius 2 is 2.00 bits per heavy atom. The number of hydrogen-bond donors (Lipinski definition) is 1. The largest absolute Gasteiger partial charge is 0.293 e. The third-order valence-electron chi connectivity index (χ3n) is 2.42. The molecule has 0 saturated carbocycles. The van der Waals surface area contributed by atoms with Crippen molar-refractivity contribution in [1.29, 1.82) is 0 Å². The van der Waals surface area contributed by atoms with Gasteiger partial charge in [0.15, 0.2) is 0 Å². The monoisotopic (exact) mass is 246 g/mol. The Hall–Kier alpha value is -2.14. The molecule has 5 nitrogen and oxygen atoms in total. The SMILES string of the molecule is O=c1c(Cl)c(-c2ccccc2)nc2nc[nH]n12. The second-order valence-corrected chi connectivity index (χ2v) is 3.85. The van der Waals surface area contributed by atoms with Gasteiger partial charge in [-0.1, -0.05) is 41.9 Å². The van der Waals surface area contributed by atoms with Crippen LogP contribution in [0.3, 0.4) is 0 Å². The number of nitrogens with zero attached hydrogens (tertiary/aromatic N) is 3. The summed E-state index contributed by atoms with van der Waals surface area (Å²) in [7, 11) is 0. The van der Waals surface area contributed by atoms with Crippen LogP contribution in [0.2, 0.25) is 5.02 Å². The van der Waals surface area contributed by atoms with Crippen molar-refractivity contribution < 1.29 is 0 Å². The average Bonchev–Trinajstić information content (AvgIpc) is 2.83. The van der Waals surface area contributed by atoms with Crippen molar-refractivity contribution >= 4 is 17.4 Å². The number of aromatic nitrogens is 4. The molecule has 0 radical (unpaired) electrons. The van der Waals surface area contributed by atoms with Crippen LogP contribution in [0.1, 0.15) is 0 Å². The molecule has 0 atom stereocenters. The highest BCUT2D eigenvalue weighted by atomic mass is 35.5. The second kappa shape index (κ2) is 3.71. The van der Waals surface area contributed by atoms with Crippen LogP contribution in [-0.2, 0) is 0 Å². The molecule has 0 spiro atoms. The van der Waals surface area contributed by atoms with E-state index in [4.69, 9.17) is 11.6 Å². The van der Waals surface area contributed by atoms with Gasteiger partial charge in [0.1, 0.15) is 11.3 Å². The van der Waals surface area contributed by atoms with E-state index in [1.807, 2.05) is 30.3 Å². The highest BCUT2D eigenvalue weighted by Crippen LogP contribution is 2.22. The van der Waals surface area contributed by atoms with Gasteiger partial charge in [-0.15, -0.1) is 0 Å². The van der Waals surface area contributed by atoms with Gasteiger partial charge in [0.25, 0.3) is 11.3 Å². The van der Waals surface area contributed by atoms with Gasteiger partial charge in [-0.3, -0.25) is 9.89 Å². The van der Waals surface area contributed by atoms with Crippen LogP contribution in [0.15, 0.2) is 41.5 Å². The molecule has 84 valence electrons.